The Kier molecular flexibility index (Phi) is 1.93. The maximum atomic E-state index is 4.38. The second kappa shape index (κ2) is 3.41. The lowest BCUT2D eigenvalue weighted by Crippen LogP contribution is -1.97. The highest BCUT2D eigenvalue weighted by molar-refractivity contribution is 5.85. The van der Waals surface area contributed by atoms with Crippen LogP contribution in [0.5, 0.6) is 0 Å². The molecule has 0 aliphatic heterocycles. The van der Waals surface area contributed by atoms with Crippen molar-refractivity contribution >= 4 is 10.9 Å². The van der Waals surface area contributed by atoms with E-state index in [1.807, 2.05) is 37.3 Å². The van der Waals surface area contributed by atoms with Crippen molar-refractivity contribution in [2.75, 3.05) is 0 Å². The van der Waals surface area contributed by atoms with E-state index < -0.39 is 0 Å². The van der Waals surface area contributed by atoms with Crippen molar-refractivity contribution in [2.24, 2.45) is 0 Å². The highest BCUT2D eigenvalue weighted by atomic mass is 15.3. The minimum Gasteiger partial charge on any atom is -0.254 e. The normalized spacial score (nSPS) is 10.8. The molecule has 0 unspecified atom stereocenters. The number of nitrogens with zero attached hydrogens (tertiary/aromatic N) is 4. The van der Waals surface area contributed by atoms with E-state index in [1.54, 1.807) is 17.2 Å². The van der Waals surface area contributed by atoms with Crippen molar-refractivity contribution in [3.63, 3.8) is 0 Å². The fraction of sp³-hybridized carbons (Fsp3) is 0.0833. The molecule has 4 nitrogen and oxygen atoms in total. The van der Waals surface area contributed by atoms with Crippen LogP contribution < -0.4 is 0 Å². The van der Waals surface area contributed by atoms with Crippen LogP contribution in [0.3, 0.4) is 0 Å². The van der Waals surface area contributed by atoms with Crippen molar-refractivity contribution in [2.45, 2.75) is 6.92 Å². The summed E-state index contributed by atoms with van der Waals surface area (Å²) in [4.78, 5) is 8.50. The van der Waals surface area contributed by atoms with Gasteiger partial charge in [0.25, 0.3) is 0 Å². The third-order valence-electron chi connectivity index (χ3n) is 2.46. The molecular weight excluding hydrogens is 200 g/mol. The molecule has 2 heterocycles. The summed E-state index contributed by atoms with van der Waals surface area (Å²) in [5.41, 5.74) is 1.90. The number of pyridine rings is 1. The number of aromatic nitrogens is 4. The van der Waals surface area contributed by atoms with Gasteiger partial charge in [0.05, 0.1) is 11.2 Å². The molecule has 0 aliphatic rings. The molecule has 3 rings (SSSR count). The van der Waals surface area contributed by atoms with Crippen molar-refractivity contribution < 1.29 is 0 Å². The molecule has 0 N–H and O–H groups in total. The highest BCUT2D eigenvalue weighted by Gasteiger charge is 2.04. The number of hydrogen-bond acceptors (Lipinski definition) is 3. The lowest BCUT2D eigenvalue weighted by atomic mass is 10.2. The molecule has 0 atom stereocenters. The first-order valence-corrected chi connectivity index (χ1v) is 5.07. The molecule has 1 aromatic carbocycles. The summed E-state index contributed by atoms with van der Waals surface area (Å²) in [7, 11) is 0. The molecule has 3 aromatic rings. The topological polar surface area (TPSA) is 43.6 Å². The quantitative estimate of drug-likeness (QED) is 0.618. The molecule has 0 fully saturated rings. The zero-order chi connectivity index (χ0) is 11.0. The van der Waals surface area contributed by atoms with Gasteiger partial charge in [-0.25, -0.2) is 9.67 Å². The van der Waals surface area contributed by atoms with Crippen LogP contribution in [-0.2, 0) is 0 Å². The number of fused-ring (bicyclic) bond motifs is 1. The maximum Gasteiger partial charge on any atom is 0.147 e. The molecule has 0 saturated heterocycles. The van der Waals surface area contributed by atoms with Crippen molar-refractivity contribution in [1.82, 2.24) is 19.7 Å². The summed E-state index contributed by atoms with van der Waals surface area (Å²) in [5.74, 6) is 0.757. The van der Waals surface area contributed by atoms with Crippen molar-refractivity contribution in [3.8, 4) is 5.69 Å². The van der Waals surface area contributed by atoms with Crippen LogP contribution in [0.4, 0.5) is 0 Å². The van der Waals surface area contributed by atoms with Gasteiger partial charge in [0.2, 0.25) is 0 Å². The smallest absolute Gasteiger partial charge is 0.147 e. The molecule has 0 spiro atoms. The molecule has 0 saturated carbocycles. The molecule has 0 amide bonds. The second-order valence-electron chi connectivity index (χ2n) is 3.59. The van der Waals surface area contributed by atoms with Gasteiger partial charge >= 0.3 is 0 Å². The summed E-state index contributed by atoms with van der Waals surface area (Å²) in [6.07, 6.45) is 3.49. The van der Waals surface area contributed by atoms with Gasteiger partial charge in [-0.15, -0.1) is 0 Å². The summed E-state index contributed by atoms with van der Waals surface area (Å²) in [5, 5.41) is 5.40. The lowest BCUT2D eigenvalue weighted by Gasteiger charge is -2.03. The second-order valence-corrected chi connectivity index (χ2v) is 3.59. The van der Waals surface area contributed by atoms with Crippen LogP contribution in [0, 0.1) is 6.92 Å². The first-order chi connectivity index (χ1) is 7.84. The first-order valence-electron chi connectivity index (χ1n) is 5.07. The van der Waals surface area contributed by atoms with E-state index >= 15 is 0 Å². The Labute approximate surface area is 92.6 Å². The standard InChI is InChI=1S/C12H10N4/c1-9-14-8-16(15-9)11-6-2-4-10-5-3-7-13-12(10)11/h2-8H,1H3. The van der Waals surface area contributed by atoms with Gasteiger partial charge in [-0.05, 0) is 19.1 Å². The minimum absolute atomic E-state index is 0.757. The number of rotatable bonds is 1. The van der Waals surface area contributed by atoms with Crippen LogP contribution in [0.25, 0.3) is 16.6 Å². The molecule has 2 aromatic heterocycles. The Morgan fingerprint density at radius 1 is 1.06 bits per heavy atom. The SMILES string of the molecule is Cc1ncn(-c2cccc3cccnc23)n1. The van der Waals surface area contributed by atoms with Crippen molar-refractivity contribution in [1.29, 1.82) is 0 Å². The number of para-hydroxylation sites is 1. The van der Waals surface area contributed by atoms with E-state index in [-0.39, 0.29) is 0 Å². The predicted octanol–water partition coefficient (Wildman–Crippen LogP) is 2.12. The van der Waals surface area contributed by atoms with E-state index in [1.165, 1.54) is 0 Å². The lowest BCUT2D eigenvalue weighted by molar-refractivity contribution is 0.867. The summed E-state index contributed by atoms with van der Waals surface area (Å²) < 4.78 is 1.75. The van der Waals surface area contributed by atoms with E-state index in [0.717, 1.165) is 22.4 Å². The van der Waals surface area contributed by atoms with Gasteiger partial charge in [0, 0.05) is 11.6 Å². The van der Waals surface area contributed by atoms with E-state index in [4.69, 9.17) is 0 Å². The number of benzene rings is 1. The van der Waals surface area contributed by atoms with Crippen molar-refractivity contribution in [3.05, 3.63) is 48.7 Å². The van der Waals surface area contributed by atoms with Gasteiger partial charge in [-0.3, -0.25) is 4.98 Å². The van der Waals surface area contributed by atoms with Crippen LogP contribution >= 0.6 is 0 Å². The molecule has 0 aliphatic carbocycles. The van der Waals surface area contributed by atoms with Gasteiger partial charge in [0.1, 0.15) is 12.2 Å². The molecule has 0 bridgehead atoms. The van der Waals surface area contributed by atoms with Gasteiger partial charge in [0.15, 0.2) is 0 Å². The fourth-order valence-electron chi connectivity index (χ4n) is 1.73. The van der Waals surface area contributed by atoms with Crippen LogP contribution in [0.15, 0.2) is 42.9 Å². The Hall–Kier alpha value is -2.23. The Bertz CT molecular complexity index is 637. The largest absolute Gasteiger partial charge is 0.254 e. The maximum absolute atomic E-state index is 4.38. The minimum atomic E-state index is 0.757. The average Bonchev–Trinajstić information content (AvgIpc) is 2.75. The molecule has 0 radical (unpaired) electrons. The summed E-state index contributed by atoms with van der Waals surface area (Å²) in [6, 6.07) is 9.99. The van der Waals surface area contributed by atoms with Crippen LogP contribution in [0.2, 0.25) is 0 Å². The number of aryl methyl sites for hydroxylation is 1. The highest BCUT2D eigenvalue weighted by Crippen LogP contribution is 2.18. The third kappa shape index (κ3) is 1.35. The third-order valence-corrected chi connectivity index (χ3v) is 2.46. The number of hydrogen-bond donors (Lipinski definition) is 0. The van der Waals surface area contributed by atoms with Crippen LogP contribution in [0.1, 0.15) is 5.82 Å². The van der Waals surface area contributed by atoms with Gasteiger partial charge in [-0.2, -0.15) is 5.10 Å². The first kappa shape index (κ1) is 9.03. The van der Waals surface area contributed by atoms with E-state index in [0.29, 0.717) is 0 Å². The summed E-state index contributed by atoms with van der Waals surface area (Å²) >= 11 is 0. The Balaban J connectivity index is 2.31. The average molecular weight is 210 g/mol. The van der Waals surface area contributed by atoms with E-state index in [2.05, 4.69) is 15.1 Å². The Morgan fingerprint density at radius 3 is 2.75 bits per heavy atom. The molecule has 78 valence electrons. The zero-order valence-electron chi connectivity index (χ0n) is 8.83. The van der Waals surface area contributed by atoms with Gasteiger partial charge < -0.3 is 0 Å². The zero-order valence-corrected chi connectivity index (χ0v) is 8.83. The van der Waals surface area contributed by atoms with Gasteiger partial charge in [-0.1, -0.05) is 18.2 Å². The fourth-order valence-corrected chi connectivity index (χ4v) is 1.73. The monoisotopic (exact) mass is 210 g/mol. The molecule has 16 heavy (non-hydrogen) atoms. The van der Waals surface area contributed by atoms with Crippen LogP contribution in [-0.4, -0.2) is 19.7 Å². The van der Waals surface area contributed by atoms with E-state index in [9.17, 15) is 0 Å². The Morgan fingerprint density at radius 2 is 1.94 bits per heavy atom. The predicted molar refractivity (Wildman–Crippen MR) is 61.4 cm³/mol. The summed E-state index contributed by atoms with van der Waals surface area (Å²) in [6.45, 7) is 1.87. The molecule has 4 heteroatoms. The molecular formula is C12H10N4.